The van der Waals surface area contributed by atoms with Gasteiger partial charge in [0.05, 0.1) is 21.5 Å². The Balaban J connectivity index is -0.000001000. The maximum atomic E-state index is 11.9. The van der Waals surface area contributed by atoms with Gasteiger partial charge in [-0.15, -0.1) is 45.3 Å². The molecule has 0 fully saturated rings. The Hall–Kier alpha value is -3.92. The molecule has 0 aliphatic rings. The minimum Gasteiger partial charge on any atom is -0.542 e. The third kappa shape index (κ3) is 21.8. The summed E-state index contributed by atoms with van der Waals surface area (Å²) >= 11 is 5.38. The van der Waals surface area contributed by atoms with Crippen LogP contribution < -0.4 is 161 Å². The van der Waals surface area contributed by atoms with E-state index in [9.17, 15) is 58.8 Å². The molecule has 424 valence electrons. The Morgan fingerprint density at radius 2 is 0.518 bits per heavy atom. The first-order chi connectivity index (χ1) is 35.6. The van der Waals surface area contributed by atoms with Gasteiger partial charge >= 0.3 is 118 Å². The van der Waals surface area contributed by atoms with Gasteiger partial charge in [0.25, 0.3) is 22.2 Å². The van der Waals surface area contributed by atoms with Crippen LogP contribution in [0.5, 0.6) is 0 Å². The molecule has 0 atom stereocenters. The van der Waals surface area contributed by atoms with E-state index in [0.29, 0.717) is 40.9 Å². The van der Waals surface area contributed by atoms with Gasteiger partial charge in [-0.05, 0) is 105 Å². The zero-order valence-corrected chi connectivity index (χ0v) is 60.2. The number of nitrogens with zero attached hydrogens (tertiary/aromatic N) is 4. The molecule has 8 aromatic rings. The zero-order valence-electron chi connectivity index (χ0n) is 49.0. The summed E-state index contributed by atoms with van der Waals surface area (Å²) in [7, 11) is 0. The van der Waals surface area contributed by atoms with Crippen molar-refractivity contribution in [3.63, 3.8) is 0 Å². The number of allylic oxidation sites excluding steroid dienone is 8. The molecule has 0 spiro atoms. The predicted octanol–water partition coefficient (Wildman–Crippen LogP) is -9.80. The van der Waals surface area contributed by atoms with E-state index < -0.39 is 69.4 Å². The van der Waals surface area contributed by atoms with Gasteiger partial charge in [0, 0.05) is 45.2 Å². The fraction of sp³-hybridized carbons (Fsp3) is 0.308. The molecule has 0 saturated heterocycles. The molecule has 0 saturated carbocycles. The second-order valence-electron chi connectivity index (χ2n) is 18.1. The Bertz CT molecular complexity index is 3490. The van der Waals surface area contributed by atoms with E-state index in [-0.39, 0.29) is 135 Å². The van der Waals surface area contributed by atoms with Crippen LogP contribution in [-0.2, 0) is 25.7 Å². The molecule has 0 amide bonds. The van der Waals surface area contributed by atoms with E-state index in [1.807, 2.05) is 83.1 Å². The summed E-state index contributed by atoms with van der Waals surface area (Å²) < 4.78 is 0. The van der Waals surface area contributed by atoms with E-state index >= 15 is 0 Å². The molecule has 0 aromatic carbocycles. The first-order valence-electron chi connectivity index (χ1n) is 23.1. The smallest absolute Gasteiger partial charge is 0.542 e. The summed E-state index contributed by atoms with van der Waals surface area (Å²) in [5.41, 5.74) is 6.47. The summed E-state index contributed by atoms with van der Waals surface area (Å²) in [5.74, 6) is -7.60. The largest absolute Gasteiger partial charge is 1.00 e. The second-order valence-corrected chi connectivity index (χ2v) is 22.4. The van der Waals surface area contributed by atoms with Crippen molar-refractivity contribution in [3.05, 3.63) is 153 Å². The van der Waals surface area contributed by atoms with Gasteiger partial charge in [0.1, 0.15) is 43.2 Å². The molecule has 0 bridgehead atoms. The number of carbonyl (C=O) groups is 4. The van der Waals surface area contributed by atoms with E-state index in [1.165, 1.54) is 67.6 Å². The Labute approximate surface area is 579 Å². The Morgan fingerprint density at radius 3 is 0.651 bits per heavy atom. The van der Waals surface area contributed by atoms with E-state index in [0.717, 1.165) is 67.4 Å². The molecule has 0 aliphatic carbocycles. The molecule has 0 radical (unpaired) electrons. The van der Waals surface area contributed by atoms with Gasteiger partial charge in [0.2, 0.25) is 0 Å². The Morgan fingerprint density at radius 1 is 0.361 bits per heavy atom. The Kier molecular flexibility index (Phi) is 37.1. The van der Waals surface area contributed by atoms with Crippen molar-refractivity contribution in [2.75, 3.05) is 0 Å². The van der Waals surface area contributed by atoms with Crippen LogP contribution in [-0.4, -0.2) is 80.2 Å². The van der Waals surface area contributed by atoms with Crippen LogP contribution in [0, 0.1) is 27.7 Å². The van der Waals surface area contributed by atoms with Crippen LogP contribution in [0.1, 0.15) is 140 Å². The summed E-state index contributed by atoms with van der Waals surface area (Å²) in [4.78, 5) is 121. The minimum absolute atomic E-state index is 0. The summed E-state index contributed by atoms with van der Waals surface area (Å²) in [5, 5.41) is 44.9. The molecule has 8 heterocycles. The third-order valence-electron chi connectivity index (χ3n) is 11.2. The van der Waals surface area contributed by atoms with Gasteiger partial charge < -0.3 is 76.0 Å². The number of rotatable bonds is 12. The van der Waals surface area contributed by atoms with Crippen molar-refractivity contribution in [1.82, 2.24) is 39.9 Å². The minimum atomic E-state index is -1.48. The van der Waals surface area contributed by atoms with Gasteiger partial charge in [-0.1, -0.05) is 46.6 Å². The van der Waals surface area contributed by atoms with Crippen LogP contribution >= 0.6 is 45.3 Å². The van der Waals surface area contributed by atoms with Crippen molar-refractivity contribution in [2.45, 2.75) is 109 Å². The number of aryl methyl sites for hydroxylation is 4. The number of aromatic carboxylic acids is 4. The van der Waals surface area contributed by atoms with Crippen molar-refractivity contribution in [2.24, 2.45) is 0 Å². The number of aromatic amines is 4. The maximum absolute atomic E-state index is 11.9. The quantitative estimate of drug-likeness (QED) is 0.0652. The van der Waals surface area contributed by atoms with E-state index in [1.54, 1.807) is 0 Å². The topological polar surface area (TPSA) is 438 Å². The number of H-pyrrole nitrogens is 4. The molecule has 83 heavy (non-hydrogen) atoms. The van der Waals surface area contributed by atoms with Crippen LogP contribution in [0.25, 0.3) is 40.9 Å². The number of nitrogens with one attached hydrogen (secondary N) is 4. The SMILES string of the molecule is CC(C)=CCc1sc2nc(C(=O)[O-])[nH]c(=O)c2c1C.CC(C)=CCc1sc2nc(C(=O)[O-])[nH]c(=O)c2c1C.CC(C)=CCc1sc2nc(C(=O)[O-])[nH]c(=O)c2c1C.CC(C)=CCc1sc2nc(C(=O)[O-])[nH]c(=O)c2c1C.O.O.O.[Na+].[Na+].[Na+].[Na+]. The number of carbonyl (C=O) groups excluding carboxylic acids is 4. The molecule has 0 aliphatic heterocycles. The fourth-order valence-electron chi connectivity index (χ4n) is 7.11. The number of hydrogen-bond donors (Lipinski definition) is 4. The van der Waals surface area contributed by atoms with Crippen LogP contribution in [0.3, 0.4) is 0 Å². The third-order valence-corrected chi connectivity index (χ3v) is 16.0. The number of carboxylic acid groups (broad SMARTS) is 4. The monoisotopic (exact) mass is 1250 g/mol. The van der Waals surface area contributed by atoms with Crippen molar-refractivity contribution in [1.29, 1.82) is 0 Å². The van der Waals surface area contributed by atoms with Crippen LogP contribution in [0.15, 0.2) is 65.8 Å². The van der Waals surface area contributed by atoms with Crippen molar-refractivity contribution in [3.8, 4) is 0 Å². The maximum Gasteiger partial charge on any atom is 1.00 e. The second kappa shape index (κ2) is 36.9. The fourth-order valence-corrected chi connectivity index (χ4v) is 11.7. The average molecular weight is 1260 g/mol. The predicted molar refractivity (Wildman–Crippen MR) is 301 cm³/mol. The van der Waals surface area contributed by atoms with Crippen molar-refractivity contribution < 1.29 is 174 Å². The van der Waals surface area contributed by atoms with E-state index in [2.05, 4.69) is 64.2 Å². The number of aromatic nitrogens is 8. The standard InChI is InChI=1S/4C13H14N2O3S.4Na.3H2O/c4*1-6(2)4-5-8-7(3)9-11(16)14-10(13(17)18)15-12(9)19-8;;;;;;;/h4*4H,5H2,1-3H3,(H,17,18)(H,14,15,16);;;;;3*1H2/q;;;;4*+1;;;/p-4. The molecule has 10 N–H and O–H groups in total. The number of hydrogen-bond acceptors (Lipinski definition) is 20. The van der Waals surface area contributed by atoms with Gasteiger partial charge in [-0.2, -0.15) is 0 Å². The molecule has 31 heteroatoms. The van der Waals surface area contributed by atoms with Crippen LogP contribution in [0.4, 0.5) is 0 Å². The molecular formula is C52H58N8Na4O15S4. The van der Waals surface area contributed by atoms with E-state index in [4.69, 9.17) is 0 Å². The normalized spacial score (nSPS) is 9.78. The molecule has 8 aromatic heterocycles. The summed E-state index contributed by atoms with van der Waals surface area (Å²) in [6.07, 6.45) is 11.1. The zero-order chi connectivity index (χ0) is 56.6. The molecular weight excluding hydrogens is 1200 g/mol. The first kappa shape index (κ1) is 83.3. The first-order valence-corrected chi connectivity index (χ1v) is 26.3. The average Bonchev–Trinajstić information content (AvgIpc) is 4.05. The number of fused-ring (bicyclic) bond motifs is 4. The van der Waals surface area contributed by atoms with Gasteiger partial charge in [-0.25, -0.2) is 19.9 Å². The van der Waals surface area contributed by atoms with Gasteiger partial charge in [0.15, 0.2) is 23.3 Å². The molecule has 8 rings (SSSR count). The van der Waals surface area contributed by atoms with Crippen LogP contribution in [0.2, 0.25) is 0 Å². The molecule has 23 nitrogen and oxygen atoms in total. The number of thiophene rings is 4. The molecule has 0 unspecified atom stereocenters. The number of carboxylic acids is 4. The summed E-state index contributed by atoms with van der Waals surface area (Å²) in [6, 6.07) is 0. The van der Waals surface area contributed by atoms with Crippen molar-refractivity contribution >= 4 is 110 Å². The van der Waals surface area contributed by atoms with Gasteiger partial charge in [-0.3, -0.25) is 19.2 Å². The summed E-state index contributed by atoms with van der Waals surface area (Å²) in [6.45, 7) is 23.4.